The van der Waals surface area contributed by atoms with E-state index in [9.17, 15) is 4.79 Å². The van der Waals surface area contributed by atoms with Crippen LogP contribution in [0.5, 0.6) is 5.75 Å². The predicted molar refractivity (Wildman–Crippen MR) is 83.3 cm³/mol. The molecule has 2 rings (SSSR count). The van der Waals surface area contributed by atoms with Crippen LogP contribution >= 0.6 is 11.6 Å². The zero-order valence-electron chi connectivity index (χ0n) is 11.9. The summed E-state index contributed by atoms with van der Waals surface area (Å²) in [5.41, 5.74) is 1.79. The van der Waals surface area contributed by atoms with Gasteiger partial charge in [-0.1, -0.05) is 31.5 Å². The maximum Gasteiger partial charge on any atom is 0.176 e. The Morgan fingerprint density at radius 1 is 1.40 bits per heavy atom. The highest BCUT2D eigenvalue weighted by atomic mass is 35.5. The molecule has 0 saturated heterocycles. The molecule has 1 fully saturated rings. The van der Waals surface area contributed by atoms with Crippen LogP contribution in [-0.4, -0.2) is 17.8 Å². The van der Waals surface area contributed by atoms with Crippen LogP contribution < -0.4 is 4.74 Å². The summed E-state index contributed by atoms with van der Waals surface area (Å²) in [4.78, 5) is 12.1. The molecule has 0 heterocycles. The Morgan fingerprint density at radius 2 is 2.20 bits per heavy atom. The van der Waals surface area contributed by atoms with Gasteiger partial charge >= 0.3 is 0 Å². The number of benzene rings is 1. The van der Waals surface area contributed by atoms with E-state index in [2.05, 4.69) is 6.92 Å². The molecular formula is C17H21ClO2. The van der Waals surface area contributed by atoms with Crippen LogP contribution in [0.4, 0.5) is 0 Å². The Kier molecular flexibility index (Phi) is 5.66. The number of ketones is 1. The monoisotopic (exact) mass is 292 g/mol. The van der Waals surface area contributed by atoms with Crippen LogP contribution in [0.1, 0.15) is 44.6 Å². The summed E-state index contributed by atoms with van der Waals surface area (Å²) in [7, 11) is 0. The Labute approximate surface area is 125 Å². The topological polar surface area (TPSA) is 26.3 Å². The molecule has 0 N–H and O–H groups in total. The van der Waals surface area contributed by atoms with Crippen molar-refractivity contribution < 1.29 is 9.53 Å². The van der Waals surface area contributed by atoms with Gasteiger partial charge in [0, 0.05) is 5.56 Å². The summed E-state index contributed by atoms with van der Waals surface area (Å²) in [6, 6.07) is 7.85. The smallest absolute Gasteiger partial charge is 0.176 e. The lowest BCUT2D eigenvalue weighted by atomic mass is 9.91. The highest BCUT2D eigenvalue weighted by Gasteiger charge is 2.24. The first-order valence-corrected chi connectivity index (χ1v) is 7.76. The highest BCUT2D eigenvalue weighted by molar-refractivity contribution is 6.34. The molecule has 3 heteroatoms. The molecule has 1 saturated carbocycles. The summed E-state index contributed by atoms with van der Waals surface area (Å²) in [5, 5.41) is -0.358. The number of alkyl halides is 1. The van der Waals surface area contributed by atoms with E-state index in [1.54, 1.807) is 0 Å². The second-order valence-electron chi connectivity index (χ2n) is 5.13. The molecule has 1 aromatic carbocycles. The average Bonchev–Trinajstić information content (AvgIpc) is 2.46. The van der Waals surface area contributed by atoms with E-state index in [-0.39, 0.29) is 11.2 Å². The number of rotatable bonds is 5. The Bertz CT molecular complexity index is 494. The van der Waals surface area contributed by atoms with Gasteiger partial charge in [-0.05, 0) is 43.4 Å². The molecule has 20 heavy (non-hydrogen) atoms. The third-order valence-electron chi connectivity index (χ3n) is 3.51. The van der Waals surface area contributed by atoms with Crippen molar-refractivity contribution in [3.63, 3.8) is 0 Å². The van der Waals surface area contributed by atoms with Gasteiger partial charge in [-0.15, -0.1) is 11.6 Å². The molecule has 1 aliphatic rings. The fourth-order valence-corrected chi connectivity index (χ4v) is 2.61. The zero-order valence-corrected chi connectivity index (χ0v) is 12.7. The van der Waals surface area contributed by atoms with Crippen molar-refractivity contribution >= 4 is 23.5 Å². The third kappa shape index (κ3) is 3.86. The summed E-state index contributed by atoms with van der Waals surface area (Å²) in [6.45, 7) is 2.85. The van der Waals surface area contributed by atoms with Crippen LogP contribution in [-0.2, 0) is 4.79 Å². The minimum absolute atomic E-state index is 0.0706. The fourth-order valence-electron chi connectivity index (χ4n) is 2.32. The quantitative estimate of drug-likeness (QED) is 0.450. The van der Waals surface area contributed by atoms with Crippen molar-refractivity contribution in [2.75, 3.05) is 6.61 Å². The van der Waals surface area contributed by atoms with Gasteiger partial charge in [-0.3, -0.25) is 4.79 Å². The van der Waals surface area contributed by atoms with Gasteiger partial charge in [0.15, 0.2) is 5.78 Å². The molecule has 2 nitrogen and oxygen atoms in total. The Hall–Kier alpha value is -1.28. The molecule has 0 spiro atoms. The minimum atomic E-state index is -0.358. The van der Waals surface area contributed by atoms with E-state index in [1.807, 2.05) is 30.3 Å². The first-order chi connectivity index (χ1) is 9.72. The first-order valence-electron chi connectivity index (χ1n) is 7.33. The van der Waals surface area contributed by atoms with Crippen LogP contribution in [0, 0.1) is 0 Å². The van der Waals surface area contributed by atoms with Crippen molar-refractivity contribution in [3.05, 3.63) is 35.4 Å². The van der Waals surface area contributed by atoms with E-state index in [0.717, 1.165) is 49.0 Å². The second-order valence-corrected chi connectivity index (χ2v) is 5.66. The summed E-state index contributed by atoms with van der Waals surface area (Å²) >= 11 is 6.05. The minimum Gasteiger partial charge on any atom is -0.493 e. The number of Topliss-reactive ketones (excluding diaryl/α,β-unsaturated/α-hetero) is 1. The molecule has 0 radical (unpaired) electrons. The largest absolute Gasteiger partial charge is 0.493 e. The molecule has 1 atom stereocenters. The lowest BCUT2D eigenvalue weighted by Crippen LogP contribution is -2.21. The van der Waals surface area contributed by atoms with Crippen LogP contribution in [0.3, 0.4) is 0 Å². The third-order valence-corrected chi connectivity index (χ3v) is 3.93. The van der Waals surface area contributed by atoms with Crippen molar-refractivity contribution in [1.29, 1.82) is 0 Å². The van der Waals surface area contributed by atoms with Gasteiger partial charge < -0.3 is 4.74 Å². The number of allylic oxidation sites excluding steroid dienone is 1. The lowest BCUT2D eigenvalue weighted by Gasteiger charge is -2.18. The Balaban J connectivity index is 2.17. The normalized spacial score (nSPS) is 21.2. The fraction of sp³-hybridized carbons (Fsp3) is 0.471. The van der Waals surface area contributed by atoms with Crippen LogP contribution in [0.15, 0.2) is 29.8 Å². The molecule has 1 aliphatic carbocycles. The average molecular weight is 293 g/mol. The number of hydrogen-bond donors (Lipinski definition) is 0. The van der Waals surface area contributed by atoms with E-state index >= 15 is 0 Å². The van der Waals surface area contributed by atoms with Gasteiger partial charge in [0.2, 0.25) is 0 Å². The number of carbonyl (C=O) groups excluding carboxylic acids is 1. The molecule has 1 aromatic rings. The molecule has 0 bridgehead atoms. The molecule has 0 aromatic heterocycles. The van der Waals surface area contributed by atoms with Crippen molar-refractivity contribution in [2.24, 2.45) is 0 Å². The predicted octanol–water partition coefficient (Wildman–Crippen LogP) is 4.61. The number of ether oxygens (including phenoxy) is 1. The molecule has 0 aliphatic heterocycles. The van der Waals surface area contributed by atoms with E-state index in [0.29, 0.717) is 6.61 Å². The van der Waals surface area contributed by atoms with Crippen molar-refractivity contribution in [1.82, 2.24) is 0 Å². The van der Waals surface area contributed by atoms with Gasteiger partial charge in [0.25, 0.3) is 0 Å². The van der Waals surface area contributed by atoms with Crippen LogP contribution in [0.25, 0.3) is 6.08 Å². The summed E-state index contributed by atoms with van der Waals surface area (Å²) in [6.07, 6.45) is 6.66. The number of hydrogen-bond acceptors (Lipinski definition) is 2. The number of unbranched alkanes of at least 4 members (excludes halogenated alkanes) is 1. The van der Waals surface area contributed by atoms with E-state index < -0.39 is 0 Å². The van der Waals surface area contributed by atoms with Gasteiger partial charge in [-0.2, -0.15) is 0 Å². The number of halogens is 1. The SMILES string of the molecule is CCCCOc1ccccc1C=C1CCCC(Cl)C1=O. The maximum atomic E-state index is 12.1. The number of carbonyl (C=O) groups is 1. The maximum absolute atomic E-state index is 12.1. The van der Waals surface area contributed by atoms with Crippen molar-refractivity contribution in [3.8, 4) is 5.75 Å². The van der Waals surface area contributed by atoms with Crippen LogP contribution in [0.2, 0.25) is 0 Å². The van der Waals surface area contributed by atoms with E-state index in [4.69, 9.17) is 16.3 Å². The first kappa shape index (κ1) is 15.1. The summed E-state index contributed by atoms with van der Waals surface area (Å²) in [5.74, 6) is 0.916. The highest BCUT2D eigenvalue weighted by Crippen LogP contribution is 2.28. The number of para-hydroxylation sites is 1. The zero-order chi connectivity index (χ0) is 14.4. The van der Waals surface area contributed by atoms with Gasteiger partial charge in [0.1, 0.15) is 5.75 Å². The summed E-state index contributed by atoms with van der Waals surface area (Å²) < 4.78 is 5.79. The Morgan fingerprint density at radius 3 is 3.00 bits per heavy atom. The van der Waals surface area contributed by atoms with Gasteiger partial charge in [0.05, 0.1) is 12.0 Å². The van der Waals surface area contributed by atoms with Crippen molar-refractivity contribution in [2.45, 2.75) is 44.4 Å². The molecule has 1 unspecified atom stereocenters. The lowest BCUT2D eigenvalue weighted by molar-refractivity contribution is -0.116. The standard InChI is InChI=1S/C17H21ClO2/c1-2-3-11-20-16-10-5-4-7-13(16)12-14-8-6-9-15(18)17(14)19/h4-5,7,10,12,15H,2-3,6,8-9,11H2,1H3. The van der Waals surface area contributed by atoms with Gasteiger partial charge in [-0.25, -0.2) is 0 Å². The second kappa shape index (κ2) is 7.49. The van der Waals surface area contributed by atoms with E-state index in [1.165, 1.54) is 0 Å². The molecule has 0 amide bonds. The molecular weight excluding hydrogens is 272 g/mol. The molecule has 108 valence electrons.